The average Bonchev–Trinajstić information content (AvgIpc) is 2.33. The van der Waals surface area contributed by atoms with Crippen LogP contribution < -0.4 is 10.2 Å². The number of rotatable bonds is 2. The molecule has 0 aliphatic rings. The van der Waals surface area contributed by atoms with Gasteiger partial charge in [0.05, 0.1) is 23.0 Å². The number of carbonyl (C=O) groups is 1. The molecule has 0 radical (unpaired) electrons. The van der Waals surface area contributed by atoms with Crippen molar-refractivity contribution < 1.29 is 14.6 Å². The van der Waals surface area contributed by atoms with E-state index in [1.54, 1.807) is 19.2 Å². The highest BCUT2D eigenvalue weighted by atomic mass is 35.5. The molecule has 18 heavy (non-hydrogen) atoms. The van der Waals surface area contributed by atoms with Gasteiger partial charge < -0.3 is 14.4 Å². The van der Waals surface area contributed by atoms with Crippen LogP contribution in [-0.2, 0) is 7.05 Å². The number of methoxy groups -OCH3 is 1. The van der Waals surface area contributed by atoms with E-state index < -0.39 is 11.4 Å². The van der Waals surface area contributed by atoms with Gasteiger partial charge in [0.2, 0.25) is 0 Å². The molecule has 0 bridgehead atoms. The fourth-order valence-corrected chi connectivity index (χ4v) is 2.14. The largest absolute Gasteiger partial charge is 0.495 e. The summed E-state index contributed by atoms with van der Waals surface area (Å²) in [6.45, 7) is 0. The standard InChI is InChI=1S/C12H10ClNO4/c1-14-7(12(16)17)5-8(15)10-6(13)3-4-9(18-2)11(10)14/h3-5H,1-2H3,(H,16,17). The predicted octanol–water partition coefficient (Wildman–Crippen LogP) is 1.90. The number of aromatic carboxylic acids is 1. The molecule has 1 aromatic heterocycles. The number of benzene rings is 1. The van der Waals surface area contributed by atoms with E-state index in [-0.39, 0.29) is 16.1 Å². The zero-order chi connectivity index (χ0) is 13.4. The molecular formula is C12H10ClNO4. The number of fused-ring (bicyclic) bond motifs is 1. The first-order valence-electron chi connectivity index (χ1n) is 5.07. The molecule has 0 unspecified atom stereocenters. The number of nitrogens with zero attached hydrogens (tertiary/aromatic N) is 1. The Morgan fingerprint density at radius 3 is 2.67 bits per heavy atom. The molecule has 0 aliphatic carbocycles. The zero-order valence-corrected chi connectivity index (χ0v) is 10.5. The maximum Gasteiger partial charge on any atom is 0.352 e. The fraction of sp³-hybridized carbons (Fsp3) is 0.167. The van der Waals surface area contributed by atoms with Gasteiger partial charge in [0.25, 0.3) is 0 Å². The monoisotopic (exact) mass is 267 g/mol. The quantitative estimate of drug-likeness (QED) is 0.902. The smallest absolute Gasteiger partial charge is 0.352 e. The molecule has 0 amide bonds. The molecule has 2 rings (SSSR count). The Hall–Kier alpha value is -2.01. The first kappa shape index (κ1) is 12.4. The molecule has 1 N–H and O–H groups in total. The summed E-state index contributed by atoms with van der Waals surface area (Å²) in [6, 6.07) is 4.19. The Morgan fingerprint density at radius 1 is 1.44 bits per heavy atom. The van der Waals surface area contributed by atoms with Crippen molar-refractivity contribution in [3.8, 4) is 5.75 Å². The van der Waals surface area contributed by atoms with Gasteiger partial charge in [0.1, 0.15) is 11.4 Å². The molecule has 0 aliphatic heterocycles. The van der Waals surface area contributed by atoms with Crippen molar-refractivity contribution in [2.45, 2.75) is 0 Å². The van der Waals surface area contributed by atoms with Gasteiger partial charge in [0, 0.05) is 13.1 Å². The van der Waals surface area contributed by atoms with Crippen LogP contribution in [0, 0.1) is 0 Å². The number of carboxylic acids is 1. The normalized spacial score (nSPS) is 10.6. The molecule has 0 atom stereocenters. The fourth-order valence-electron chi connectivity index (χ4n) is 1.90. The highest BCUT2D eigenvalue weighted by molar-refractivity contribution is 6.35. The predicted molar refractivity (Wildman–Crippen MR) is 67.7 cm³/mol. The average molecular weight is 268 g/mol. The van der Waals surface area contributed by atoms with E-state index in [2.05, 4.69) is 0 Å². The van der Waals surface area contributed by atoms with Crippen molar-refractivity contribution in [1.29, 1.82) is 0 Å². The number of ether oxygens (including phenoxy) is 1. The van der Waals surface area contributed by atoms with Crippen molar-refractivity contribution in [3.63, 3.8) is 0 Å². The van der Waals surface area contributed by atoms with Crippen LogP contribution in [0.25, 0.3) is 10.9 Å². The van der Waals surface area contributed by atoms with E-state index in [1.165, 1.54) is 11.7 Å². The number of aromatic nitrogens is 1. The molecule has 0 fully saturated rings. The van der Waals surface area contributed by atoms with Gasteiger partial charge in [-0.1, -0.05) is 11.6 Å². The molecule has 1 aromatic carbocycles. The van der Waals surface area contributed by atoms with Crippen LogP contribution in [0.3, 0.4) is 0 Å². The topological polar surface area (TPSA) is 68.5 Å². The van der Waals surface area contributed by atoms with E-state index in [0.717, 1.165) is 6.07 Å². The third-order valence-corrected chi connectivity index (χ3v) is 3.06. The summed E-state index contributed by atoms with van der Waals surface area (Å²) >= 11 is 5.98. The van der Waals surface area contributed by atoms with Crippen molar-refractivity contribution in [2.24, 2.45) is 7.05 Å². The van der Waals surface area contributed by atoms with Gasteiger partial charge in [-0.2, -0.15) is 0 Å². The lowest BCUT2D eigenvalue weighted by Gasteiger charge is -2.13. The molecule has 1 heterocycles. The molecule has 2 aromatic rings. The van der Waals surface area contributed by atoms with Crippen LogP contribution in [0.4, 0.5) is 0 Å². The van der Waals surface area contributed by atoms with Crippen LogP contribution in [0.5, 0.6) is 5.75 Å². The first-order chi connectivity index (χ1) is 8.47. The number of hydrogen-bond acceptors (Lipinski definition) is 3. The summed E-state index contributed by atoms with van der Waals surface area (Å²) in [5.41, 5.74) is -0.188. The minimum Gasteiger partial charge on any atom is -0.495 e. The van der Waals surface area contributed by atoms with E-state index in [0.29, 0.717) is 11.3 Å². The van der Waals surface area contributed by atoms with Crippen LogP contribution in [-0.4, -0.2) is 22.8 Å². The molecule has 94 valence electrons. The highest BCUT2D eigenvalue weighted by Crippen LogP contribution is 2.29. The molecule has 0 saturated carbocycles. The van der Waals surface area contributed by atoms with Gasteiger partial charge in [-0.15, -0.1) is 0 Å². The summed E-state index contributed by atoms with van der Waals surface area (Å²) in [6.07, 6.45) is 0. The summed E-state index contributed by atoms with van der Waals surface area (Å²) in [5.74, 6) is -0.782. The van der Waals surface area contributed by atoms with E-state index >= 15 is 0 Å². The zero-order valence-electron chi connectivity index (χ0n) is 9.73. The van der Waals surface area contributed by atoms with Gasteiger partial charge in [-0.05, 0) is 12.1 Å². The van der Waals surface area contributed by atoms with Gasteiger partial charge in [-0.25, -0.2) is 4.79 Å². The second-order valence-corrected chi connectivity index (χ2v) is 4.14. The van der Waals surface area contributed by atoms with Crippen LogP contribution in [0.15, 0.2) is 23.0 Å². The summed E-state index contributed by atoms with van der Waals surface area (Å²) < 4.78 is 6.52. The van der Waals surface area contributed by atoms with Crippen LogP contribution >= 0.6 is 11.6 Å². The Bertz CT molecular complexity index is 705. The van der Waals surface area contributed by atoms with Gasteiger partial charge in [0.15, 0.2) is 5.43 Å². The van der Waals surface area contributed by atoms with E-state index in [9.17, 15) is 9.59 Å². The molecule has 6 heteroatoms. The molecule has 0 saturated heterocycles. The van der Waals surface area contributed by atoms with E-state index in [4.69, 9.17) is 21.4 Å². The maximum atomic E-state index is 11.9. The minimum atomic E-state index is -1.18. The first-order valence-corrected chi connectivity index (χ1v) is 5.44. The van der Waals surface area contributed by atoms with Crippen molar-refractivity contribution >= 4 is 28.5 Å². The number of halogens is 1. The van der Waals surface area contributed by atoms with Gasteiger partial charge >= 0.3 is 5.97 Å². The van der Waals surface area contributed by atoms with Gasteiger partial charge in [-0.3, -0.25) is 4.79 Å². The van der Waals surface area contributed by atoms with Crippen molar-refractivity contribution in [1.82, 2.24) is 4.57 Å². The Kier molecular flexibility index (Phi) is 3.00. The summed E-state index contributed by atoms with van der Waals surface area (Å²) in [5, 5.41) is 9.57. The SMILES string of the molecule is COc1ccc(Cl)c2c(=O)cc(C(=O)O)n(C)c12. The third kappa shape index (κ3) is 1.73. The number of aryl methyl sites for hydroxylation is 1. The Balaban J connectivity index is 3.07. The van der Waals surface area contributed by atoms with Crippen molar-refractivity contribution in [3.05, 3.63) is 39.1 Å². The lowest BCUT2D eigenvalue weighted by Crippen LogP contribution is -2.16. The second-order valence-electron chi connectivity index (χ2n) is 3.73. The Morgan fingerprint density at radius 2 is 2.11 bits per heavy atom. The minimum absolute atomic E-state index is 0.118. The van der Waals surface area contributed by atoms with Crippen molar-refractivity contribution in [2.75, 3.05) is 7.11 Å². The molecular weight excluding hydrogens is 258 g/mol. The lowest BCUT2D eigenvalue weighted by atomic mass is 10.1. The molecule has 0 spiro atoms. The maximum absolute atomic E-state index is 11.9. The van der Waals surface area contributed by atoms with Crippen LogP contribution in [0.2, 0.25) is 5.02 Å². The number of carboxylic acid groups (broad SMARTS) is 1. The third-order valence-electron chi connectivity index (χ3n) is 2.74. The number of pyridine rings is 1. The lowest BCUT2D eigenvalue weighted by molar-refractivity contribution is 0.0686. The molecule has 5 nitrogen and oxygen atoms in total. The van der Waals surface area contributed by atoms with Crippen LogP contribution in [0.1, 0.15) is 10.5 Å². The summed E-state index contributed by atoms with van der Waals surface area (Å²) in [4.78, 5) is 23.0. The summed E-state index contributed by atoms with van der Waals surface area (Å²) in [7, 11) is 2.99. The van der Waals surface area contributed by atoms with E-state index in [1.807, 2.05) is 0 Å². The second kappa shape index (κ2) is 4.34. The Labute approximate surface area is 107 Å². The highest BCUT2D eigenvalue weighted by Gasteiger charge is 2.17. The number of hydrogen-bond donors (Lipinski definition) is 1.